The first-order valence-electron chi connectivity index (χ1n) is 7.49. The van der Waals surface area contributed by atoms with Crippen LogP contribution in [0, 0.1) is 20.2 Å². The predicted molar refractivity (Wildman–Crippen MR) is 99.0 cm³/mol. The number of carboxylic acids is 1. The molecule has 0 saturated heterocycles. The molecule has 7 N–H and O–H groups in total. The number of rotatable bonds is 4. The number of nitro groups is 2. The van der Waals surface area contributed by atoms with E-state index in [0.717, 1.165) is 12.1 Å². The first kappa shape index (κ1) is 30.4. The summed E-state index contributed by atoms with van der Waals surface area (Å²) in [6.45, 7) is 0. The topological polar surface area (TPSA) is 274 Å². The minimum atomic E-state index is -1.56. The summed E-state index contributed by atoms with van der Waals surface area (Å²) in [5.74, 6) is -3.88. The fourth-order valence-electron chi connectivity index (χ4n) is 2.48. The summed E-state index contributed by atoms with van der Waals surface area (Å²) < 4.78 is 0. The van der Waals surface area contributed by atoms with Crippen LogP contribution in [0.15, 0.2) is 36.4 Å². The van der Waals surface area contributed by atoms with E-state index in [2.05, 4.69) is 0 Å². The molecule has 2 aromatic rings. The minimum absolute atomic E-state index is 0. The van der Waals surface area contributed by atoms with Crippen LogP contribution in [0.5, 0.6) is 0 Å². The van der Waals surface area contributed by atoms with Crippen LogP contribution >= 0.6 is 0 Å². The van der Waals surface area contributed by atoms with E-state index in [1.54, 1.807) is 0 Å². The fraction of sp³-hybridized carbons (Fsp3) is 0. The van der Waals surface area contributed by atoms with Crippen LogP contribution in [0.2, 0.25) is 0 Å². The first-order chi connectivity index (χ1) is 13.6. The number of imide groups is 1. The van der Waals surface area contributed by atoms with Crippen LogP contribution in [-0.2, 0) is 0 Å². The third-order valence-corrected chi connectivity index (χ3v) is 3.66. The summed E-state index contributed by atoms with van der Waals surface area (Å²) >= 11 is 0. The molecule has 1 aliphatic rings. The van der Waals surface area contributed by atoms with Gasteiger partial charge in [-0.15, -0.1) is 0 Å². The molecule has 32 heavy (non-hydrogen) atoms. The number of carboxylic acid groups (broad SMARTS) is 1. The Hall–Kier alpha value is -3.76. The van der Waals surface area contributed by atoms with Gasteiger partial charge in [0.15, 0.2) is 0 Å². The summed E-state index contributed by atoms with van der Waals surface area (Å²) in [4.78, 5) is 63.3. The molecule has 1 heterocycles. The Labute approximate surface area is 199 Å². The molecule has 0 bridgehead atoms. The van der Waals surface area contributed by atoms with Gasteiger partial charge in [-0.1, -0.05) is 12.1 Å². The summed E-state index contributed by atoms with van der Waals surface area (Å²) in [5, 5.41) is 31.7. The van der Waals surface area contributed by atoms with Gasteiger partial charge < -0.3 is 21.8 Å². The maximum absolute atomic E-state index is 11.2. The van der Waals surface area contributed by atoms with Crippen molar-refractivity contribution in [3.8, 4) is 0 Å². The van der Waals surface area contributed by atoms with Crippen molar-refractivity contribution in [1.82, 2.24) is 5.32 Å². The summed E-state index contributed by atoms with van der Waals surface area (Å²) in [6.07, 6.45) is 0. The predicted octanol–water partition coefficient (Wildman–Crippen LogP) is -3.13. The zero-order valence-electron chi connectivity index (χ0n) is 16.1. The molecule has 15 nitrogen and oxygen atoms in total. The molecule has 0 fully saturated rings. The molecule has 0 aliphatic carbocycles. The molecular formula is C16H13N4NaO11. The number of nitrogens with one attached hydrogen (secondary N) is 1. The number of fused-ring (bicyclic) bond motifs is 1. The largest absolute Gasteiger partial charge is 1.00 e. The van der Waals surface area contributed by atoms with Crippen LogP contribution in [0.25, 0.3) is 0 Å². The second-order valence-corrected chi connectivity index (χ2v) is 5.37. The van der Waals surface area contributed by atoms with E-state index >= 15 is 0 Å². The Morgan fingerprint density at radius 2 is 1.44 bits per heavy atom. The molecule has 0 spiro atoms. The van der Waals surface area contributed by atoms with Gasteiger partial charge >= 0.3 is 35.5 Å². The van der Waals surface area contributed by atoms with Crippen molar-refractivity contribution in [1.29, 1.82) is 0 Å². The smallest absolute Gasteiger partial charge is 0.870 e. The number of nitrogens with zero attached hydrogens (tertiary/aromatic N) is 2. The average molecular weight is 460 g/mol. The Kier molecular flexibility index (Phi) is 11.6. The maximum atomic E-state index is 11.2. The van der Waals surface area contributed by atoms with Gasteiger partial charge in [0, 0.05) is 12.1 Å². The van der Waals surface area contributed by atoms with Gasteiger partial charge in [-0.2, -0.15) is 0 Å². The van der Waals surface area contributed by atoms with Crippen molar-refractivity contribution in [2.24, 2.45) is 5.73 Å². The molecule has 1 aliphatic heterocycles. The van der Waals surface area contributed by atoms with Crippen molar-refractivity contribution in [2.75, 3.05) is 0 Å². The van der Waals surface area contributed by atoms with Gasteiger partial charge in [0.2, 0.25) is 5.91 Å². The Balaban J connectivity index is 0. The SMILES string of the molecule is NC(=O)c1cccc([N+](=O)[O-])c1C(=O)O.O.O=C1NC(=O)c2c1cccc2[N+](=O)[O-].[Na+].[OH-]. The van der Waals surface area contributed by atoms with E-state index in [4.69, 9.17) is 10.8 Å². The molecule has 0 unspecified atom stereocenters. The van der Waals surface area contributed by atoms with Gasteiger partial charge in [0.25, 0.3) is 23.2 Å². The molecule has 16 heteroatoms. The molecule has 164 valence electrons. The monoisotopic (exact) mass is 460 g/mol. The van der Waals surface area contributed by atoms with Crippen molar-refractivity contribution in [3.05, 3.63) is 78.9 Å². The van der Waals surface area contributed by atoms with Gasteiger partial charge in [0.1, 0.15) is 11.1 Å². The number of nitro benzene ring substituents is 2. The second-order valence-electron chi connectivity index (χ2n) is 5.37. The van der Waals surface area contributed by atoms with Gasteiger partial charge in [-0.3, -0.25) is 39.9 Å². The van der Waals surface area contributed by atoms with Gasteiger partial charge in [0.05, 0.1) is 21.0 Å². The number of nitrogens with two attached hydrogens (primary N) is 1. The van der Waals surface area contributed by atoms with E-state index in [9.17, 15) is 39.4 Å². The molecule has 0 aromatic heterocycles. The number of benzene rings is 2. The van der Waals surface area contributed by atoms with Crippen LogP contribution in [0.3, 0.4) is 0 Å². The molecule has 0 radical (unpaired) electrons. The minimum Gasteiger partial charge on any atom is -0.870 e. The zero-order chi connectivity index (χ0) is 21.9. The Morgan fingerprint density at radius 1 is 0.938 bits per heavy atom. The number of aromatic carboxylic acids is 1. The number of hydrogen-bond donors (Lipinski definition) is 3. The number of amides is 3. The normalized spacial score (nSPS) is 10.5. The summed E-state index contributed by atoms with van der Waals surface area (Å²) in [7, 11) is 0. The number of carbonyl (C=O) groups excluding carboxylic acids is 3. The van der Waals surface area contributed by atoms with Crippen LogP contribution in [-0.4, -0.2) is 49.6 Å². The maximum Gasteiger partial charge on any atom is 1.00 e. The molecule has 0 atom stereocenters. The standard InChI is InChI=1S/C8H6N2O5.C8H4N2O4.Na.2H2O/c9-7(11)4-2-1-3-5(10(14)15)6(4)8(12)13;11-7-4-2-1-3-5(10(13)14)6(4)8(12)9-7;;;/h1-3H,(H2,9,11)(H,12,13);1-3H,(H,9,11,12);;2*1H2/q;;+1;;/p-1. The van der Waals surface area contributed by atoms with Crippen molar-refractivity contribution in [3.63, 3.8) is 0 Å². The Bertz CT molecular complexity index is 1070. The van der Waals surface area contributed by atoms with E-state index in [-0.39, 0.29) is 62.9 Å². The molecule has 2 aromatic carbocycles. The number of primary amides is 1. The average Bonchev–Trinajstić information content (AvgIpc) is 2.95. The molecule has 0 saturated carbocycles. The fourth-order valence-corrected chi connectivity index (χ4v) is 2.48. The number of carbonyl (C=O) groups is 4. The molecular weight excluding hydrogens is 447 g/mol. The van der Waals surface area contributed by atoms with Gasteiger partial charge in [-0.05, 0) is 12.1 Å². The number of hydrogen-bond acceptors (Lipinski definition) is 9. The third-order valence-electron chi connectivity index (χ3n) is 3.66. The van der Waals surface area contributed by atoms with E-state index < -0.39 is 44.8 Å². The summed E-state index contributed by atoms with van der Waals surface area (Å²) in [6, 6.07) is 7.26. The van der Waals surface area contributed by atoms with E-state index in [1.807, 2.05) is 5.32 Å². The van der Waals surface area contributed by atoms with E-state index in [1.165, 1.54) is 24.3 Å². The van der Waals surface area contributed by atoms with Gasteiger partial charge in [-0.25, -0.2) is 4.79 Å². The first-order valence-corrected chi connectivity index (χ1v) is 7.49. The van der Waals surface area contributed by atoms with Crippen LogP contribution in [0.4, 0.5) is 11.4 Å². The van der Waals surface area contributed by atoms with Crippen molar-refractivity contribution >= 4 is 35.1 Å². The van der Waals surface area contributed by atoms with Crippen molar-refractivity contribution < 1.29 is 74.6 Å². The van der Waals surface area contributed by atoms with Crippen LogP contribution < -0.4 is 40.6 Å². The van der Waals surface area contributed by atoms with Crippen LogP contribution in [0.1, 0.15) is 41.4 Å². The molecule has 3 rings (SSSR count). The second kappa shape index (κ2) is 12.2. The quantitative estimate of drug-likeness (QED) is 0.178. The third kappa shape index (κ3) is 6.13. The Morgan fingerprint density at radius 3 is 1.91 bits per heavy atom. The van der Waals surface area contributed by atoms with Crippen molar-refractivity contribution in [2.45, 2.75) is 0 Å². The zero-order valence-corrected chi connectivity index (χ0v) is 18.1. The summed E-state index contributed by atoms with van der Waals surface area (Å²) in [5.41, 5.74) is 2.75. The molecule has 3 amide bonds. The van der Waals surface area contributed by atoms with E-state index in [0.29, 0.717) is 0 Å².